The number of rotatable bonds is 2. The molecule has 0 spiro atoms. The van der Waals surface area contributed by atoms with Gasteiger partial charge >= 0.3 is 6.03 Å². The Morgan fingerprint density at radius 3 is 2.22 bits per heavy atom. The van der Waals surface area contributed by atoms with Crippen LogP contribution in [0.1, 0.15) is 23.2 Å². The number of Topliss-reactive ketones (excluding diaryl/α,β-unsaturated/α-hetero) is 1. The predicted octanol–water partition coefficient (Wildman–Crippen LogP) is 2.31. The number of carbonyl (C=O) groups excluding carboxylic acids is 2. The van der Waals surface area contributed by atoms with Crippen LogP contribution in [0.3, 0.4) is 0 Å². The third-order valence-electron chi connectivity index (χ3n) is 3.31. The van der Waals surface area contributed by atoms with Crippen LogP contribution in [-0.4, -0.2) is 29.8 Å². The quantitative estimate of drug-likeness (QED) is 0.835. The summed E-state index contributed by atoms with van der Waals surface area (Å²) < 4.78 is 0. The molecule has 0 bridgehead atoms. The van der Waals surface area contributed by atoms with E-state index in [9.17, 15) is 9.59 Å². The lowest BCUT2D eigenvalue weighted by Gasteiger charge is -2.29. The molecule has 5 heteroatoms. The summed E-state index contributed by atoms with van der Waals surface area (Å²) in [6, 6.07) is 6.50. The number of likely N-dealkylation sites (tertiary alicyclic amines) is 1. The molecule has 1 aliphatic heterocycles. The Bertz CT molecular complexity index is 451. The van der Waals surface area contributed by atoms with Crippen LogP contribution in [0.4, 0.5) is 4.79 Å². The summed E-state index contributed by atoms with van der Waals surface area (Å²) in [5.74, 6) is 0.0950. The number of carbonyl (C=O) groups is 2. The Hall–Kier alpha value is -1.55. The van der Waals surface area contributed by atoms with Crippen molar-refractivity contribution in [2.75, 3.05) is 13.1 Å². The normalized spacial score (nSPS) is 16.6. The lowest BCUT2D eigenvalue weighted by molar-refractivity contribution is 0.0857. The molecular weight excluding hydrogens is 252 g/mol. The second-order valence-electron chi connectivity index (χ2n) is 4.47. The molecule has 1 aliphatic rings. The Morgan fingerprint density at radius 2 is 1.72 bits per heavy atom. The van der Waals surface area contributed by atoms with Crippen molar-refractivity contribution in [3.63, 3.8) is 0 Å². The second-order valence-corrected chi connectivity index (χ2v) is 4.91. The number of primary amides is 1. The van der Waals surface area contributed by atoms with Crippen molar-refractivity contribution < 1.29 is 9.59 Å². The van der Waals surface area contributed by atoms with E-state index in [1.165, 1.54) is 0 Å². The zero-order valence-corrected chi connectivity index (χ0v) is 10.7. The molecule has 2 amide bonds. The molecule has 18 heavy (non-hydrogen) atoms. The summed E-state index contributed by atoms with van der Waals surface area (Å²) in [6.45, 7) is 1.11. The summed E-state index contributed by atoms with van der Waals surface area (Å²) >= 11 is 5.79. The van der Waals surface area contributed by atoms with Gasteiger partial charge in [0, 0.05) is 29.6 Å². The van der Waals surface area contributed by atoms with Gasteiger partial charge in [-0.2, -0.15) is 0 Å². The zero-order chi connectivity index (χ0) is 13.1. The molecule has 0 unspecified atom stereocenters. The summed E-state index contributed by atoms with van der Waals surface area (Å²) in [6.07, 6.45) is 1.34. The molecule has 0 atom stereocenters. The molecule has 4 nitrogen and oxygen atoms in total. The maximum atomic E-state index is 12.2. The maximum absolute atomic E-state index is 12.2. The standard InChI is InChI=1S/C13H15ClN2O2/c14-11-3-1-9(2-4-11)12(17)10-5-7-16(8-6-10)13(15)18/h1-4,10H,5-8H2,(H2,15,18). The molecule has 0 aliphatic carbocycles. The molecule has 1 heterocycles. The highest BCUT2D eigenvalue weighted by Gasteiger charge is 2.26. The monoisotopic (exact) mass is 266 g/mol. The Morgan fingerprint density at radius 1 is 1.17 bits per heavy atom. The topological polar surface area (TPSA) is 63.4 Å². The lowest BCUT2D eigenvalue weighted by Crippen LogP contribution is -2.43. The summed E-state index contributed by atoms with van der Waals surface area (Å²) in [5.41, 5.74) is 5.88. The van der Waals surface area contributed by atoms with Crippen molar-refractivity contribution in [1.82, 2.24) is 4.90 Å². The molecule has 1 aromatic carbocycles. The third-order valence-corrected chi connectivity index (χ3v) is 3.56. The van der Waals surface area contributed by atoms with E-state index in [2.05, 4.69) is 0 Å². The average Bonchev–Trinajstić information content (AvgIpc) is 2.39. The molecule has 2 N–H and O–H groups in total. The highest BCUT2D eigenvalue weighted by molar-refractivity contribution is 6.30. The molecule has 1 saturated heterocycles. The van der Waals surface area contributed by atoms with Gasteiger partial charge in [-0.3, -0.25) is 4.79 Å². The van der Waals surface area contributed by atoms with Gasteiger partial charge in [0.05, 0.1) is 0 Å². The number of piperidine rings is 1. The second kappa shape index (κ2) is 5.40. The number of halogens is 1. The van der Waals surface area contributed by atoms with Gasteiger partial charge in [-0.25, -0.2) is 4.79 Å². The molecule has 0 radical (unpaired) electrons. The minimum Gasteiger partial charge on any atom is -0.351 e. The van der Waals surface area contributed by atoms with E-state index in [0.29, 0.717) is 36.5 Å². The van der Waals surface area contributed by atoms with Gasteiger partial charge in [-0.05, 0) is 37.1 Å². The predicted molar refractivity (Wildman–Crippen MR) is 69.7 cm³/mol. The van der Waals surface area contributed by atoms with Gasteiger partial charge in [0.15, 0.2) is 5.78 Å². The molecule has 96 valence electrons. The van der Waals surface area contributed by atoms with Crippen LogP contribution >= 0.6 is 11.6 Å². The van der Waals surface area contributed by atoms with Crippen molar-refractivity contribution in [3.05, 3.63) is 34.9 Å². The van der Waals surface area contributed by atoms with Crippen LogP contribution in [0.2, 0.25) is 5.02 Å². The Balaban J connectivity index is 1.99. The number of nitrogens with zero attached hydrogens (tertiary/aromatic N) is 1. The van der Waals surface area contributed by atoms with Gasteiger partial charge < -0.3 is 10.6 Å². The van der Waals surface area contributed by atoms with Crippen LogP contribution in [0.5, 0.6) is 0 Å². The largest absolute Gasteiger partial charge is 0.351 e. The Labute approximate surface area is 111 Å². The minimum absolute atomic E-state index is 0.0261. The van der Waals surface area contributed by atoms with Crippen molar-refractivity contribution in [2.24, 2.45) is 11.7 Å². The zero-order valence-electron chi connectivity index (χ0n) is 9.93. The van der Waals surface area contributed by atoms with Crippen LogP contribution in [0, 0.1) is 5.92 Å². The SMILES string of the molecule is NC(=O)N1CCC(C(=O)c2ccc(Cl)cc2)CC1. The van der Waals surface area contributed by atoms with Crippen LogP contribution in [-0.2, 0) is 0 Å². The van der Waals surface area contributed by atoms with Gasteiger partial charge in [0.25, 0.3) is 0 Å². The van der Waals surface area contributed by atoms with Crippen molar-refractivity contribution >= 4 is 23.4 Å². The molecule has 1 fully saturated rings. The molecule has 0 aromatic heterocycles. The van der Waals surface area contributed by atoms with Crippen molar-refractivity contribution in [1.29, 1.82) is 0 Å². The summed E-state index contributed by atoms with van der Waals surface area (Å²) in [4.78, 5) is 24.8. The number of ketones is 1. The van der Waals surface area contributed by atoms with E-state index in [4.69, 9.17) is 17.3 Å². The first kappa shape index (κ1) is 12.9. The number of amides is 2. The average molecular weight is 267 g/mol. The minimum atomic E-state index is -0.410. The fourth-order valence-corrected chi connectivity index (χ4v) is 2.34. The maximum Gasteiger partial charge on any atom is 0.314 e. The van der Waals surface area contributed by atoms with Crippen molar-refractivity contribution in [2.45, 2.75) is 12.8 Å². The summed E-state index contributed by atoms with van der Waals surface area (Å²) in [7, 11) is 0. The number of benzene rings is 1. The molecule has 0 saturated carbocycles. The smallest absolute Gasteiger partial charge is 0.314 e. The van der Waals surface area contributed by atoms with E-state index < -0.39 is 6.03 Å². The number of urea groups is 1. The molecule has 1 aromatic rings. The van der Waals surface area contributed by atoms with Gasteiger partial charge in [0.2, 0.25) is 0 Å². The first-order valence-electron chi connectivity index (χ1n) is 5.92. The van der Waals surface area contributed by atoms with Gasteiger partial charge in [0.1, 0.15) is 0 Å². The Kier molecular flexibility index (Phi) is 3.87. The van der Waals surface area contributed by atoms with Crippen LogP contribution < -0.4 is 5.73 Å². The van der Waals surface area contributed by atoms with Crippen LogP contribution in [0.15, 0.2) is 24.3 Å². The first-order valence-corrected chi connectivity index (χ1v) is 6.30. The molecular formula is C13H15ClN2O2. The fourth-order valence-electron chi connectivity index (χ4n) is 2.21. The van der Waals surface area contributed by atoms with E-state index in [1.807, 2.05) is 0 Å². The molecule has 2 rings (SSSR count). The number of hydrogen-bond acceptors (Lipinski definition) is 2. The first-order chi connectivity index (χ1) is 8.58. The van der Waals surface area contributed by atoms with E-state index in [0.717, 1.165) is 0 Å². The highest BCUT2D eigenvalue weighted by atomic mass is 35.5. The van der Waals surface area contributed by atoms with Crippen molar-refractivity contribution in [3.8, 4) is 0 Å². The van der Waals surface area contributed by atoms with E-state index >= 15 is 0 Å². The van der Waals surface area contributed by atoms with E-state index in [1.54, 1.807) is 29.2 Å². The number of nitrogens with two attached hydrogens (primary N) is 1. The lowest BCUT2D eigenvalue weighted by atomic mass is 9.89. The number of hydrogen-bond donors (Lipinski definition) is 1. The fraction of sp³-hybridized carbons (Fsp3) is 0.385. The summed E-state index contributed by atoms with van der Waals surface area (Å²) in [5, 5.41) is 0.620. The third kappa shape index (κ3) is 2.82. The van der Waals surface area contributed by atoms with Gasteiger partial charge in [-0.1, -0.05) is 11.6 Å². The van der Waals surface area contributed by atoms with E-state index in [-0.39, 0.29) is 11.7 Å². The van der Waals surface area contributed by atoms with Gasteiger partial charge in [-0.15, -0.1) is 0 Å². The highest BCUT2D eigenvalue weighted by Crippen LogP contribution is 2.22. The van der Waals surface area contributed by atoms with Crippen LogP contribution in [0.25, 0.3) is 0 Å².